The molecule has 0 spiro atoms. The van der Waals surface area contributed by atoms with E-state index >= 15 is 0 Å². The Kier molecular flexibility index (Phi) is 4.71. The number of ether oxygens (including phenoxy) is 1. The van der Waals surface area contributed by atoms with Crippen molar-refractivity contribution in [1.29, 1.82) is 0 Å². The molecule has 3 rings (SSSR count). The number of aryl methyl sites for hydroxylation is 1. The van der Waals surface area contributed by atoms with Crippen molar-refractivity contribution < 1.29 is 13.9 Å². The van der Waals surface area contributed by atoms with Crippen LogP contribution in [0.3, 0.4) is 0 Å². The van der Waals surface area contributed by atoms with E-state index in [0.717, 1.165) is 16.7 Å². The summed E-state index contributed by atoms with van der Waals surface area (Å²) < 4.78 is 18.3. The summed E-state index contributed by atoms with van der Waals surface area (Å²) in [5.74, 6) is -0.696. The number of hydrogen-bond donors (Lipinski definition) is 0. The third kappa shape index (κ3) is 3.36. The number of carbonyl (C=O) groups is 1. The van der Waals surface area contributed by atoms with E-state index in [2.05, 4.69) is 4.98 Å². The summed E-state index contributed by atoms with van der Waals surface area (Å²) in [5.41, 5.74) is 3.35. The summed E-state index contributed by atoms with van der Waals surface area (Å²) in [6.07, 6.45) is 0. The van der Waals surface area contributed by atoms with Crippen molar-refractivity contribution in [2.24, 2.45) is 0 Å². The monoisotopic (exact) mass is 341 g/mol. The molecular weight excluding hydrogens is 325 g/mol. The lowest BCUT2D eigenvalue weighted by molar-refractivity contribution is 0.0532. The van der Waals surface area contributed by atoms with Gasteiger partial charge in [-0.3, -0.25) is 0 Å². The van der Waals surface area contributed by atoms with Crippen molar-refractivity contribution in [3.8, 4) is 21.8 Å². The van der Waals surface area contributed by atoms with Crippen LogP contribution in [0.1, 0.15) is 22.2 Å². The van der Waals surface area contributed by atoms with Gasteiger partial charge in [-0.05, 0) is 38.1 Å². The Morgan fingerprint density at radius 1 is 1.08 bits per heavy atom. The minimum absolute atomic E-state index is 0.302. The van der Waals surface area contributed by atoms with Gasteiger partial charge in [-0.15, -0.1) is 11.3 Å². The maximum absolute atomic E-state index is 13.1. The Morgan fingerprint density at radius 3 is 2.33 bits per heavy atom. The molecule has 0 radical (unpaired) electrons. The fourth-order valence-corrected chi connectivity index (χ4v) is 3.26. The molecule has 0 saturated carbocycles. The molecule has 0 N–H and O–H groups in total. The van der Waals surface area contributed by atoms with Gasteiger partial charge >= 0.3 is 5.97 Å². The first-order valence-electron chi connectivity index (χ1n) is 7.59. The molecule has 24 heavy (non-hydrogen) atoms. The number of aromatic nitrogens is 1. The Bertz CT molecular complexity index is 854. The van der Waals surface area contributed by atoms with Crippen LogP contribution in [0.4, 0.5) is 4.39 Å². The van der Waals surface area contributed by atoms with E-state index in [4.69, 9.17) is 4.74 Å². The van der Waals surface area contributed by atoms with Crippen molar-refractivity contribution >= 4 is 17.3 Å². The van der Waals surface area contributed by atoms with Gasteiger partial charge in [-0.2, -0.15) is 0 Å². The van der Waals surface area contributed by atoms with Gasteiger partial charge in [0.05, 0.1) is 12.3 Å². The van der Waals surface area contributed by atoms with Crippen LogP contribution in [0.15, 0.2) is 48.5 Å². The maximum atomic E-state index is 13.1. The summed E-state index contributed by atoms with van der Waals surface area (Å²) in [7, 11) is 0. The minimum atomic E-state index is -0.390. The Hall–Kier alpha value is -2.53. The lowest BCUT2D eigenvalue weighted by atomic mass is 10.1. The first-order valence-corrected chi connectivity index (χ1v) is 8.41. The Labute approximate surface area is 143 Å². The number of esters is 1. The van der Waals surface area contributed by atoms with Crippen LogP contribution in [0.5, 0.6) is 0 Å². The van der Waals surface area contributed by atoms with E-state index in [1.54, 1.807) is 19.1 Å². The Morgan fingerprint density at radius 2 is 1.71 bits per heavy atom. The molecule has 0 aliphatic rings. The van der Waals surface area contributed by atoms with Crippen molar-refractivity contribution in [2.45, 2.75) is 13.8 Å². The highest BCUT2D eigenvalue weighted by molar-refractivity contribution is 7.17. The quantitative estimate of drug-likeness (QED) is 0.620. The third-order valence-corrected chi connectivity index (χ3v) is 4.59. The normalized spacial score (nSPS) is 10.6. The number of rotatable bonds is 4. The standard InChI is InChI=1S/C19H16FNO2S/c1-3-23-19(22)17-16(13-6-4-12(2)5-7-13)21-18(24-17)14-8-10-15(20)11-9-14/h4-11H,3H2,1-2H3. The largest absolute Gasteiger partial charge is 0.462 e. The average molecular weight is 341 g/mol. The van der Waals surface area contributed by atoms with Crippen molar-refractivity contribution in [3.63, 3.8) is 0 Å². The smallest absolute Gasteiger partial charge is 0.350 e. The molecule has 0 atom stereocenters. The topological polar surface area (TPSA) is 39.2 Å². The van der Waals surface area contributed by atoms with Gasteiger partial charge in [0.15, 0.2) is 0 Å². The summed E-state index contributed by atoms with van der Waals surface area (Å²) in [6, 6.07) is 13.9. The maximum Gasteiger partial charge on any atom is 0.350 e. The second-order valence-electron chi connectivity index (χ2n) is 5.29. The van der Waals surface area contributed by atoms with Gasteiger partial charge in [0.1, 0.15) is 15.7 Å². The fourth-order valence-electron chi connectivity index (χ4n) is 2.28. The molecule has 0 fully saturated rings. The van der Waals surface area contributed by atoms with E-state index in [1.807, 2.05) is 31.2 Å². The van der Waals surface area contributed by atoms with Crippen LogP contribution < -0.4 is 0 Å². The van der Waals surface area contributed by atoms with Gasteiger partial charge in [0.2, 0.25) is 0 Å². The molecule has 0 aliphatic carbocycles. The van der Waals surface area contributed by atoms with Crippen LogP contribution >= 0.6 is 11.3 Å². The van der Waals surface area contributed by atoms with Crippen LogP contribution in [0.25, 0.3) is 21.8 Å². The molecule has 1 aromatic heterocycles. The number of carbonyl (C=O) groups excluding carboxylic acids is 1. The van der Waals surface area contributed by atoms with Gasteiger partial charge < -0.3 is 4.74 Å². The van der Waals surface area contributed by atoms with E-state index < -0.39 is 0 Å². The first kappa shape index (κ1) is 16.3. The van der Waals surface area contributed by atoms with Gasteiger partial charge in [0, 0.05) is 11.1 Å². The first-order chi connectivity index (χ1) is 11.6. The van der Waals surface area contributed by atoms with Crippen LogP contribution in [-0.2, 0) is 4.74 Å². The predicted octanol–water partition coefficient (Wildman–Crippen LogP) is 5.10. The molecule has 0 aliphatic heterocycles. The number of hydrogen-bond acceptors (Lipinski definition) is 4. The molecule has 2 aromatic carbocycles. The lowest BCUT2D eigenvalue weighted by Gasteiger charge is -2.02. The van der Waals surface area contributed by atoms with Crippen molar-refractivity contribution in [3.05, 3.63) is 64.8 Å². The highest BCUT2D eigenvalue weighted by atomic mass is 32.1. The molecule has 3 aromatic rings. The molecule has 3 nitrogen and oxygen atoms in total. The molecule has 0 saturated heterocycles. The SMILES string of the molecule is CCOC(=O)c1sc(-c2ccc(F)cc2)nc1-c1ccc(C)cc1. The molecule has 0 amide bonds. The van der Waals surface area contributed by atoms with Crippen molar-refractivity contribution in [2.75, 3.05) is 6.61 Å². The molecule has 5 heteroatoms. The van der Waals surface area contributed by atoms with E-state index in [0.29, 0.717) is 22.2 Å². The molecule has 122 valence electrons. The molecule has 1 heterocycles. The summed E-state index contributed by atoms with van der Waals surface area (Å²) in [6.45, 7) is 4.07. The zero-order valence-electron chi connectivity index (χ0n) is 13.4. The van der Waals surface area contributed by atoms with Gasteiger partial charge in [0.25, 0.3) is 0 Å². The number of thiazole rings is 1. The average Bonchev–Trinajstić information content (AvgIpc) is 3.02. The van der Waals surface area contributed by atoms with E-state index in [1.165, 1.54) is 23.5 Å². The summed E-state index contributed by atoms with van der Waals surface area (Å²) in [5, 5.41) is 0.661. The van der Waals surface area contributed by atoms with Gasteiger partial charge in [-0.25, -0.2) is 14.2 Å². The number of benzene rings is 2. The number of nitrogens with zero attached hydrogens (tertiary/aromatic N) is 1. The third-order valence-electron chi connectivity index (χ3n) is 3.50. The van der Waals surface area contributed by atoms with Gasteiger partial charge in [-0.1, -0.05) is 29.8 Å². The van der Waals surface area contributed by atoms with Crippen LogP contribution in [0.2, 0.25) is 0 Å². The van der Waals surface area contributed by atoms with E-state index in [-0.39, 0.29) is 11.8 Å². The second kappa shape index (κ2) is 6.93. The zero-order chi connectivity index (χ0) is 17.1. The highest BCUT2D eigenvalue weighted by Gasteiger charge is 2.21. The lowest BCUT2D eigenvalue weighted by Crippen LogP contribution is -2.03. The minimum Gasteiger partial charge on any atom is -0.462 e. The number of halogens is 1. The van der Waals surface area contributed by atoms with Crippen LogP contribution in [-0.4, -0.2) is 17.6 Å². The predicted molar refractivity (Wildman–Crippen MR) is 93.6 cm³/mol. The van der Waals surface area contributed by atoms with Crippen molar-refractivity contribution in [1.82, 2.24) is 4.98 Å². The molecule has 0 bridgehead atoms. The molecular formula is C19H16FNO2S. The zero-order valence-corrected chi connectivity index (χ0v) is 14.2. The summed E-state index contributed by atoms with van der Waals surface area (Å²) >= 11 is 1.26. The Balaban J connectivity index is 2.10. The summed E-state index contributed by atoms with van der Waals surface area (Å²) in [4.78, 5) is 17.4. The highest BCUT2D eigenvalue weighted by Crippen LogP contribution is 2.34. The fraction of sp³-hybridized carbons (Fsp3) is 0.158. The van der Waals surface area contributed by atoms with E-state index in [9.17, 15) is 9.18 Å². The molecule has 0 unspecified atom stereocenters. The second-order valence-corrected chi connectivity index (χ2v) is 6.29. The van der Waals surface area contributed by atoms with Crippen LogP contribution in [0, 0.1) is 12.7 Å².